The van der Waals surface area contributed by atoms with Crippen molar-refractivity contribution in [1.29, 1.82) is 0 Å². The normalized spacial score (nSPS) is 26.6. The second kappa shape index (κ2) is 13.5. The van der Waals surface area contributed by atoms with E-state index in [2.05, 4.69) is 20.8 Å². The summed E-state index contributed by atoms with van der Waals surface area (Å²) in [6.07, 6.45) is 4.35. The van der Waals surface area contributed by atoms with E-state index in [-0.39, 0.29) is 18.2 Å². The Labute approximate surface area is 152 Å². The summed E-state index contributed by atoms with van der Waals surface area (Å²) in [5.41, 5.74) is 0. The second-order valence-corrected chi connectivity index (χ2v) is 6.45. The predicted octanol–water partition coefficient (Wildman–Crippen LogP) is 3.46. The molecule has 0 N–H and O–H groups in total. The van der Waals surface area contributed by atoms with Gasteiger partial charge >= 0.3 is 5.97 Å². The van der Waals surface area contributed by atoms with Crippen LogP contribution in [0.4, 0.5) is 0 Å². The third-order valence-electron chi connectivity index (χ3n) is 4.11. The standard InChI is InChI=1S/C19H36O6/c1-5-8-11-21-16-14-24-19(25-15(4)20)18(23-13-10-7-3)17(16)22-12-9-6-2/h16-19H,5-14H2,1-4H3/t16-,17?,18?,19?/m1/s1. The fourth-order valence-corrected chi connectivity index (χ4v) is 2.64. The molecule has 1 heterocycles. The molecular weight excluding hydrogens is 324 g/mol. The lowest BCUT2D eigenvalue weighted by Crippen LogP contribution is -2.57. The number of ether oxygens (including phenoxy) is 5. The molecule has 6 nitrogen and oxygen atoms in total. The maximum Gasteiger partial charge on any atom is 0.305 e. The van der Waals surface area contributed by atoms with E-state index in [1.54, 1.807) is 0 Å². The first-order chi connectivity index (χ1) is 12.1. The van der Waals surface area contributed by atoms with Crippen molar-refractivity contribution in [2.45, 2.75) is 90.8 Å². The van der Waals surface area contributed by atoms with Crippen LogP contribution in [0.1, 0.15) is 66.2 Å². The predicted molar refractivity (Wildman–Crippen MR) is 95.5 cm³/mol. The molecule has 1 fully saturated rings. The third-order valence-corrected chi connectivity index (χ3v) is 4.11. The Morgan fingerprint density at radius 2 is 1.40 bits per heavy atom. The molecule has 148 valence electrons. The van der Waals surface area contributed by atoms with Crippen molar-refractivity contribution in [3.05, 3.63) is 0 Å². The molecule has 1 aliphatic rings. The van der Waals surface area contributed by atoms with Crippen LogP contribution in [0.15, 0.2) is 0 Å². The van der Waals surface area contributed by atoms with Crippen LogP contribution in [0, 0.1) is 0 Å². The fraction of sp³-hybridized carbons (Fsp3) is 0.947. The zero-order chi connectivity index (χ0) is 18.5. The molecule has 0 spiro atoms. The van der Waals surface area contributed by atoms with Crippen LogP contribution in [-0.4, -0.2) is 57.0 Å². The van der Waals surface area contributed by atoms with Gasteiger partial charge in [-0.1, -0.05) is 40.0 Å². The van der Waals surface area contributed by atoms with Gasteiger partial charge in [-0.25, -0.2) is 0 Å². The Balaban J connectivity index is 2.79. The zero-order valence-electron chi connectivity index (χ0n) is 16.3. The molecular formula is C19H36O6. The lowest BCUT2D eigenvalue weighted by molar-refractivity contribution is -0.286. The summed E-state index contributed by atoms with van der Waals surface area (Å²) in [4.78, 5) is 11.4. The molecule has 0 bridgehead atoms. The van der Waals surface area contributed by atoms with Gasteiger partial charge in [0.1, 0.15) is 18.3 Å². The molecule has 0 saturated carbocycles. The van der Waals surface area contributed by atoms with Gasteiger partial charge in [-0.3, -0.25) is 4.79 Å². The van der Waals surface area contributed by atoms with Gasteiger partial charge in [0.2, 0.25) is 6.29 Å². The maximum atomic E-state index is 11.4. The molecule has 0 radical (unpaired) electrons. The Bertz CT molecular complexity index is 349. The van der Waals surface area contributed by atoms with E-state index in [4.69, 9.17) is 23.7 Å². The first-order valence-corrected chi connectivity index (χ1v) is 9.77. The molecule has 0 aromatic heterocycles. The van der Waals surface area contributed by atoms with E-state index in [0.717, 1.165) is 38.5 Å². The maximum absolute atomic E-state index is 11.4. The van der Waals surface area contributed by atoms with E-state index in [9.17, 15) is 4.79 Å². The van der Waals surface area contributed by atoms with Crippen LogP contribution in [0.5, 0.6) is 0 Å². The first kappa shape index (κ1) is 22.4. The van der Waals surface area contributed by atoms with Gasteiger partial charge in [0.05, 0.1) is 6.61 Å². The fourth-order valence-electron chi connectivity index (χ4n) is 2.64. The van der Waals surface area contributed by atoms with E-state index < -0.39 is 12.4 Å². The second-order valence-electron chi connectivity index (χ2n) is 6.45. The number of hydrogen-bond donors (Lipinski definition) is 0. The van der Waals surface area contributed by atoms with Gasteiger partial charge in [-0.15, -0.1) is 0 Å². The Morgan fingerprint density at radius 3 is 1.92 bits per heavy atom. The summed E-state index contributed by atoms with van der Waals surface area (Å²) < 4.78 is 29.2. The molecule has 3 unspecified atom stereocenters. The Hall–Kier alpha value is -0.690. The lowest BCUT2D eigenvalue weighted by atomic mass is 10.0. The minimum absolute atomic E-state index is 0.207. The summed E-state index contributed by atoms with van der Waals surface area (Å²) in [6, 6.07) is 0. The highest BCUT2D eigenvalue weighted by atomic mass is 16.7. The summed E-state index contributed by atoms with van der Waals surface area (Å²) in [7, 11) is 0. The van der Waals surface area contributed by atoms with Gasteiger partial charge in [-0.2, -0.15) is 0 Å². The van der Waals surface area contributed by atoms with Crippen molar-refractivity contribution in [2.75, 3.05) is 26.4 Å². The topological polar surface area (TPSA) is 63.2 Å². The lowest BCUT2D eigenvalue weighted by Gasteiger charge is -2.41. The van der Waals surface area contributed by atoms with E-state index in [0.29, 0.717) is 26.4 Å². The van der Waals surface area contributed by atoms with Gasteiger partial charge in [0, 0.05) is 26.7 Å². The molecule has 6 heteroatoms. The van der Waals surface area contributed by atoms with Gasteiger partial charge < -0.3 is 23.7 Å². The molecule has 0 aromatic carbocycles. The van der Waals surface area contributed by atoms with Crippen molar-refractivity contribution in [3.8, 4) is 0 Å². The monoisotopic (exact) mass is 360 g/mol. The summed E-state index contributed by atoms with van der Waals surface area (Å²) >= 11 is 0. The summed E-state index contributed by atoms with van der Waals surface area (Å²) in [5.74, 6) is -0.383. The van der Waals surface area contributed by atoms with Crippen molar-refractivity contribution < 1.29 is 28.5 Å². The van der Waals surface area contributed by atoms with Crippen LogP contribution in [-0.2, 0) is 28.5 Å². The molecule has 4 atom stereocenters. The molecule has 1 saturated heterocycles. The van der Waals surface area contributed by atoms with Crippen molar-refractivity contribution in [1.82, 2.24) is 0 Å². The molecule has 1 rings (SSSR count). The number of esters is 1. The van der Waals surface area contributed by atoms with Crippen molar-refractivity contribution in [3.63, 3.8) is 0 Å². The molecule has 0 amide bonds. The Kier molecular flexibility index (Phi) is 12.1. The smallest absolute Gasteiger partial charge is 0.305 e. The van der Waals surface area contributed by atoms with E-state index in [1.165, 1.54) is 6.92 Å². The number of hydrogen-bond acceptors (Lipinski definition) is 6. The highest BCUT2D eigenvalue weighted by Gasteiger charge is 2.44. The summed E-state index contributed by atoms with van der Waals surface area (Å²) in [5, 5.41) is 0. The van der Waals surface area contributed by atoms with Gasteiger partial charge in [0.15, 0.2) is 0 Å². The summed E-state index contributed by atoms with van der Waals surface area (Å²) in [6.45, 7) is 9.96. The molecule has 0 aliphatic carbocycles. The number of rotatable bonds is 13. The first-order valence-electron chi connectivity index (χ1n) is 9.77. The van der Waals surface area contributed by atoms with Gasteiger partial charge in [-0.05, 0) is 19.3 Å². The quantitative estimate of drug-likeness (QED) is 0.370. The third kappa shape index (κ3) is 8.49. The van der Waals surface area contributed by atoms with Crippen molar-refractivity contribution in [2.24, 2.45) is 0 Å². The van der Waals surface area contributed by atoms with E-state index in [1.807, 2.05) is 0 Å². The molecule has 25 heavy (non-hydrogen) atoms. The highest BCUT2D eigenvalue weighted by molar-refractivity contribution is 5.66. The average molecular weight is 360 g/mol. The van der Waals surface area contributed by atoms with Crippen LogP contribution >= 0.6 is 0 Å². The highest BCUT2D eigenvalue weighted by Crippen LogP contribution is 2.25. The molecule has 1 aliphatic heterocycles. The minimum Gasteiger partial charge on any atom is -0.433 e. The largest absolute Gasteiger partial charge is 0.433 e. The van der Waals surface area contributed by atoms with Crippen LogP contribution < -0.4 is 0 Å². The van der Waals surface area contributed by atoms with Crippen LogP contribution in [0.25, 0.3) is 0 Å². The van der Waals surface area contributed by atoms with Crippen LogP contribution in [0.3, 0.4) is 0 Å². The van der Waals surface area contributed by atoms with Crippen LogP contribution in [0.2, 0.25) is 0 Å². The molecule has 0 aromatic rings. The zero-order valence-corrected chi connectivity index (χ0v) is 16.3. The average Bonchev–Trinajstić information content (AvgIpc) is 2.58. The minimum atomic E-state index is -0.744. The SMILES string of the molecule is CCCCOC1C(OC(C)=O)OC[C@@H](OCCCC)C1OCCCC. The van der Waals surface area contributed by atoms with Crippen molar-refractivity contribution >= 4 is 5.97 Å². The number of unbranched alkanes of at least 4 members (excludes halogenated alkanes) is 3. The number of carbonyl (C=O) groups is 1. The number of carbonyl (C=O) groups excluding carboxylic acids is 1. The van der Waals surface area contributed by atoms with E-state index >= 15 is 0 Å². The van der Waals surface area contributed by atoms with Gasteiger partial charge in [0.25, 0.3) is 0 Å². The Morgan fingerprint density at radius 1 is 0.880 bits per heavy atom.